The molecule has 2 heterocycles. The van der Waals surface area contributed by atoms with E-state index in [9.17, 15) is 14.4 Å². The second-order valence-electron chi connectivity index (χ2n) is 7.38. The van der Waals surface area contributed by atoms with E-state index in [1.54, 1.807) is 6.08 Å². The van der Waals surface area contributed by atoms with Crippen LogP contribution in [0.3, 0.4) is 0 Å². The number of carbonyl (C=O) groups is 3. The van der Waals surface area contributed by atoms with Crippen LogP contribution in [0.15, 0.2) is 58.5 Å². The van der Waals surface area contributed by atoms with Crippen molar-refractivity contribution in [2.75, 3.05) is 0 Å². The van der Waals surface area contributed by atoms with Crippen molar-refractivity contribution in [2.45, 2.75) is 51.9 Å². The van der Waals surface area contributed by atoms with Crippen LogP contribution in [0.1, 0.15) is 44.0 Å². The largest absolute Gasteiger partial charge is 0.472 e. The maximum Gasteiger partial charge on any atom is 0.341 e. The van der Waals surface area contributed by atoms with Crippen LogP contribution in [0.5, 0.6) is 0 Å². The van der Waals surface area contributed by atoms with Crippen molar-refractivity contribution in [2.24, 2.45) is 5.92 Å². The molecular weight excluding hydrogens is 376 g/mol. The van der Waals surface area contributed by atoms with Crippen LogP contribution in [-0.2, 0) is 23.8 Å². The number of ether oxygens (including phenoxy) is 3. The number of hydrogen-bond donors (Lipinski definition) is 0. The highest BCUT2D eigenvalue weighted by Gasteiger charge is 2.44. The lowest BCUT2D eigenvalue weighted by Crippen LogP contribution is -2.34. The SMILES string of the molecule is C=C1C(=O)O[C@@H]2C=C(C)[C@@H](OC(C)=O)CC=C(C)C[C@@H](OC(=O)c3ccoc3)[C@@H]12. The summed E-state index contributed by atoms with van der Waals surface area (Å²) in [6.07, 6.45) is 5.49. The van der Waals surface area contributed by atoms with E-state index in [1.807, 2.05) is 19.9 Å². The fraction of sp³-hybridized carbons (Fsp3) is 0.409. The Morgan fingerprint density at radius 3 is 2.66 bits per heavy atom. The first kappa shape index (κ1) is 20.6. The van der Waals surface area contributed by atoms with Crippen LogP contribution in [0.4, 0.5) is 0 Å². The molecule has 0 N–H and O–H groups in total. The standard InChI is InChI=1S/C22H24O7/c1-12-5-6-17(27-15(4)23)13(2)10-19-20(14(3)21(24)28-19)18(9-12)29-22(25)16-7-8-26-11-16/h5,7-8,10-11,17-20H,3,6,9H2,1-2,4H3/t17-,18+,19+,20+/m0/s1. The van der Waals surface area contributed by atoms with Crippen LogP contribution < -0.4 is 0 Å². The Morgan fingerprint density at radius 2 is 2.00 bits per heavy atom. The molecular formula is C22H24O7. The van der Waals surface area contributed by atoms with Crippen molar-refractivity contribution in [1.82, 2.24) is 0 Å². The quantitative estimate of drug-likeness (QED) is 0.332. The van der Waals surface area contributed by atoms with Gasteiger partial charge in [-0.15, -0.1) is 0 Å². The van der Waals surface area contributed by atoms with E-state index >= 15 is 0 Å². The minimum atomic E-state index is -0.666. The number of furan rings is 1. The van der Waals surface area contributed by atoms with Gasteiger partial charge >= 0.3 is 17.9 Å². The zero-order valence-electron chi connectivity index (χ0n) is 16.7. The molecule has 154 valence electrons. The van der Waals surface area contributed by atoms with Gasteiger partial charge < -0.3 is 18.6 Å². The monoisotopic (exact) mass is 400 g/mol. The minimum Gasteiger partial charge on any atom is -0.472 e. The summed E-state index contributed by atoms with van der Waals surface area (Å²) >= 11 is 0. The van der Waals surface area contributed by atoms with Gasteiger partial charge in [-0.3, -0.25) is 4.79 Å². The lowest BCUT2D eigenvalue weighted by atomic mass is 9.85. The molecule has 0 radical (unpaired) electrons. The van der Waals surface area contributed by atoms with Gasteiger partial charge in [-0.25, -0.2) is 9.59 Å². The molecule has 29 heavy (non-hydrogen) atoms. The summed E-state index contributed by atoms with van der Waals surface area (Å²) in [4.78, 5) is 36.2. The van der Waals surface area contributed by atoms with Gasteiger partial charge in [0.25, 0.3) is 0 Å². The fourth-order valence-corrected chi connectivity index (χ4v) is 3.61. The lowest BCUT2D eigenvalue weighted by molar-refractivity contribution is -0.144. The molecule has 3 rings (SSSR count). The normalized spacial score (nSPS) is 27.3. The summed E-state index contributed by atoms with van der Waals surface area (Å²) < 4.78 is 21.6. The molecule has 1 aromatic heterocycles. The van der Waals surface area contributed by atoms with E-state index < -0.39 is 36.2 Å². The molecule has 1 aromatic rings. The van der Waals surface area contributed by atoms with Crippen molar-refractivity contribution in [1.29, 1.82) is 0 Å². The van der Waals surface area contributed by atoms with Gasteiger partial charge in [0.1, 0.15) is 24.6 Å². The third-order valence-corrected chi connectivity index (χ3v) is 5.12. The van der Waals surface area contributed by atoms with E-state index in [0.717, 1.165) is 11.1 Å². The van der Waals surface area contributed by atoms with Crippen molar-refractivity contribution >= 4 is 17.9 Å². The Bertz CT molecular complexity index is 875. The summed E-state index contributed by atoms with van der Waals surface area (Å²) in [5.41, 5.74) is 2.23. The second-order valence-corrected chi connectivity index (χ2v) is 7.38. The molecule has 0 spiro atoms. The van der Waals surface area contributed by atoms with Gasteiger partial charge in [-0.1, -0.05) is 18.2 Å². The molecule has 0 saturated carbocycles. The highest BCUT2D eigenvalue weighted by atomic mass is 16.6. The third-order valence-electron chi connectivity index (χ3n) is 5.12. The van der Waals surface area contributed by atoms with Crippen molar-refractivity contribution in [3.63, 3.8) is 0 Å². The summed E-state index contributed by atoms with van der Waals surface area (Å²) in [6, 6.07) is 1.52. The van der Waals surface area contributed by atoms with E-state index in [0.29, 0.717) is 12.8 Å². The summed E-state index contributed by atoms with van der Waals surface area (Å²) in [7, 11) is 0. The maximum absolute atomic E-state index is 12.5. The number of rotatable bonds is 3. The number of carbonyl (C=O) groups excluding carboxylic acids is 3. The summed E-state index contributed by atoms with van der Waals surface area (Å²) in [6.45, 7) is 8.94. The molecule has 2 aliphatic rings. The maximum atomic E-state index is 12.5. The van der Waals surface area contributed by atoms with Crippen LogP contribution in [-0.4, -0.2) is 36.2 Å². The average molecular weight is 400 g/mol. The highest BCUT2D eigenvalue weighted by Crippen LogP contribution is 2.36. The molecule has 7 heteroatoms. The smallest absolute Gasteiger partial charge is 0.341 e. The minimum absolute atomic E-state index is 0.251. The predicted octanol–water partition coefficient (Wildman–Crippen LogP) is 3.52. The predicted molar refractivity (Wildman–Crippen MR) is 103 cm³/mol. The molecule has 1 aliphatic heterocycles. The Morgan fingerprint density at radius 1 is 1.24 bits per heavy atom. The van der Waals surface area contributed by atoms with Gasteiger partial charge in [0.2, 0.25) is 0 Å². The van der Waals surface area contributed by atoms with Gasteiger partial charge in [0, 0.05) is 25.3 Å². The molecule has 1 aliphatic carbocycles. The average Bonchev–Trinajstić information content (AvgIpc) is 3.26. The van der Waals surface area contributed by atoms with Gasteiger partial charge in [-0.05, 0) is 31.6 Å². The van der Waals surface area contributed by atoms with Gasteiger partial charge in [0.05, 0.1) is 17.7 Å². The zero-order valence-corrected chi connectivity index (χ0v) is 16.7. The number of fused-ring (bicyclic) bond motifs is 1. The fourth-order valence-electron chi connectivity index (χ4n) is 3.61. The Balaban J connectivity index is 1.95. The van der Waals surface area contributed by atoms with Crippen LogP contribution in [0.25, 0.3) is 0 Å². The molecule has 0 bridgehead atoms. The first-order chi connectivity index (χ1) is 13.8. The summed E-state index contributed by atoms with van der Waals surface area (Å²) in [5, 5.41) is 0. The zero-order chi connectivity index (χ0) is 21.1. The van der Waals surface area contributed by atoms with Crippen molar-refractivity contribution < 1.29 is 33.0 Å². The van der Waals surface area contributed by atoms with Crippen LogP contribution in [0, 0.1) is 5.92 Å². The number of esters is 3. The first-order valence-corrected chi connectivity index (χ1v) is 9.40. The molecule has 1 saturated heterocycles. The van der Waals surface area contributed by atoms with E-state index in [-0.39, 0.29) is 17.1 Å². The van der Waals surface area contributed by atoms with Gasteiger partial charge in [0.15, 0.2) is 0 Å². The Kier molecular flexibility index (Phi) is 6.06. The molecule has 7 nitrogen and oxygen atoms in total. The first-order valence-electron chi connectivity index (χ1n) is 9.40. The number of hydrogen-bond acceptors (Lipinski definition) is 7. The van der Waals surface area contributed by atoms with Crippen molar-refractivity contribution in [3.05, 3.63) is 59.6 Å². The van der Waals surface area contributed by atoms with E-state index in [1.165, 1.54) is 25.5 Å². The van der Waals surface area contributed by atoms with Crippen LogP contribution >= 0.6 is 0 Å². The highest BCUT2D eigenvalue weighted by molar-refractivity contribution is 5.92. The summed E-state index contributed by atoms with van der Waals surface area (Å²) in [5.74, 6) is -2.01. The molecule has 0 unspecified atom stereocenters. The van der Waals surface area contributed by atoms with Gasteiger partial charge in [-0.2, -0.15) is 0 Å². The van der Waals surface area contributed by atoms with Crippen LogP contribution in [0.2, 0.25) is 0 Å². The van der Waals surface area contributed by atoms with Crippen molar-refractivity contribution in [3.8, 4) is 0 Å². The lowest BCUT2D eigenvalue weighted by Gasteiger charge is -2.28. The Hall–Kier alpha value is -3.09. The molecule has 1 fully saturated rings. The van der Waals surface area contributed by atoms with E-state index in [4.69, 9.17) is 18.6 Å². The topological polar surface area (TPSA) is 92.0 Å². The second kappa shape index (κ2) is 8.51. The molecule has 0 amide bonds. The van der Waals surface area contributed by atoms with E-state index in [2.05, 4.69) is 6.58 Å². The molecule has 4 atom stereocenters. The Labute approximate surface area is 169 Å². The molecule has 0 aromatic carbocycles. The third kappa shape index (κ3) is 4.67.